The van der Waals surface area contributed by atoms with Crippen molar-refractivity contribution in [2.24, 2.45) is 5.92 Å². The molecule has 0 spiro atoms. The van der Waals surface area contributed by atoms with E-state index >= 15 is 0 Å². The monoisotopic (exact) mass is 358 g/mol. The lowest BCUT2D eigenvalue weighted by Crippen LogP contribution is -2.41. The number of likely N-dealkylation sites (tertiary alicyclic amines) is 1. The molecule has 1 saturated heterocycles. The van der Waals surface area contributed by atoms with Crippen LogP contribution in [0.3, 0.4) is 0 Å². The van der Waals surface area contributed by atoms with Crippen molar-refractivity contribution in [1.82, 2.24) is 24.5 Å². The van der Waals surface area contributed by atoms with Crippen LogP contribution in [0.4, 0.5) is 19.0 Å². The number of anilines is 1. The topological polar surface area (TPSA) is 67.6 Å². The molecule has 1 fully saturated rings. The molecule has 10 heteroatoms. The quantitative estimate of drug-likeness (QED) is 0.851. The number of aromatic nitrogens is 4. The second kappa shape index (κ2) is 7.52. The molecule has 2 aromatic heterocycles. The van der Waals surface area contributed by atoms with Crippen LogP contribution in [0.1, 0.15) is 18.5 Å². The molecule has 0 bridgehead atoms. The zero-order valence-electron chi connectivity index (χ0n) is 14.0. The highest BCUT2D eigenvalue weighted by Gasteiger charge is 2.32. The minimum atomic E-state index is -4.13. The average Bonchev–Trinajstić information content (AvgIpc) is 3.01. The van der Waals surface area contributed by atoms with Gasteiger partial charge in [-0.3, -0.25) is 4.90 Å². The van der Waals surface area contributed by atoms with E-state index in [0.29, 0.717) is 37.9 Å². The van der Waals surface area contributed by atoms with Crippen LogP contribution < -0.4 is 5.32 Å². The number of hydrogen-bond donors (Lipinski definition) is 1. The molecule has 138 valence electrons. The molecule has 25 heavy (non-hydrogen) atoms. The first kappa shape index (κ1) is 17.9. The number of halogens is 3. The van der Waals surface area contributed by atoms with Crippen molar-refractivity contribution in [2.75, 3.05) is 38.6 Å². The number of rotatable bonds is 6. The molecule has 0 atom stereocenters. The highest BCUT2D eigenvalue weighted by atomic mass is 19.4. The van der Waals surface area contributed by atoms with Gasteiger partial charge in [0, 0.05) is 19.7 Å². The van der Waals surface area contributed by atoms with E-state index in [1.807, 2.05) is 6.07 Å². The summed E-state index contributed by atoms with van der Waals surface area (Å²) >= 11 is 0. The van der Waals surface area contributed by atoms with Gasteiger partial charge in [-0.1, -0.05) is 0 Å². The van der Waals surface area contributed by atoms with Crippen molar-refractivity contribution >= 4 is 11.6 Å². The zero-order chi connectivity index (χ0) is 17.9. The van der Waals surface area contributed by atoms with Crippen LogP contribution in [-0.2, 0) is 11.3 Å². The van der Waals surface area contributed by atoms with Crippen molar-refractivity contribution in [3.05, 3.63) is 18.1 Å². The molecule has 3 rings (SSSR count). The molecule has 2 aromatic rings. The molecule has 0 unspecified atom stereocenters. The largest absolute Gasteiger partial charge is 0.401 e. The summed E-state index contributed by atoms with van der Waals surface area (Å²) in [4.78, 5) is 9.90. The molecule has 3 heterocycles. The Morgan fingerprint density at radius 2 is 2.08 bits per heavy atom. The van der Waals surface area contributed by atoms with Crippen LogP contribution in [0.5, 0.6) is 0 Å². The van der Waals surface area contributed by atoms with Gasteiger partial charge in [0.15, 0.2) is 0 Å². The van der Waals surface area contributed by atoms with E-state index in [0.717, 1.165) is 24.4 Å². The average molecular weight is 358 g/mol. The fraction of sp³-hybridized carbons (Fsp3) is 0.667. The molecular formula is C15H21F3N6O. The second-order valence-electron chi connectivity index (χ2n) is 6.25. The summed E-state index contributed by atoms with van der Waals surface area (Å²) in [5.74, 6) is 1.56. The zero-order valence-corrected chi connectivity index (χ0v) is 14.0. The highest BCUT2D eigenvalue weighted by Crippen LogP contribution is 2.23. The van der Waals surface area contributed by atoms with Crippen LogP contribution in [-0.4, -0.2) is 63.9 Å². The summed E-state index contributed by atoms with van der Waals surface area (Å²) in [6.45, 7) is 1.16. The summed E-state index contributed by atoms with van der Waals surface area (Å²) < 4.78 is 44.0. The van der Waals surface area contributed by atoms with Crippen molar-refractivity contribution in [1.29, 1.82) is 0 Å². The smallest absolute Gasteiger partial charge is 0.378 e. The van der Waals surface area contributed by atoms with Gasteiger partial charge in [0.25, 0.3) is 5.78 Å². The Kier molecular flexibility index (Phi) is 5.38. The number of ether oxygens (including phenoxy) is 1. The Hall–Kier alpha value is -1.94. The van der Waals surface area contributed by atoms with Gasteiger partial charge in [-0.15, -0.1) is 0 Å². The van der Waals surface area contributed by atoms with E-state index in [2.05, 4.69) is 20.4 Å². The number of alkyl halides is 3. The highest BCUT2D eigenvalue weighted by molar-refractivity contribution is 5.44. The summed E-state index contributed by atoms with van der Waals surface area (Å²) in [6.07, 6.45) is -1.22. The van der Waals surface area contributed by atoms with Crippen LogP contribution >= 0.6 is 0 Å². The van der Waals surface area contributed by atoms with E-state index < -0.39 is 12.7 Å². The Morgan fingerprint density at radius 1 is 1.32 bits per heavy atom. The van der Waals surface area contributed by atoms with Gasteiger partial charge in [-0.25, -0.2) is 4.98 Å². The molecule has 0 saturated carbocycles. The molecule has 0 aromatic carbocycles. The standard InChI is InChI=1S/C15H21F3N6O/c1-25-8-12-6-13(24-14(22-12)20-10-21-24)19-7-11-2-4-23(5-3-11)9-15(16,17)18/h6,10-11,19H,2-5,7-9H2,1H3. The molecule has 1 aliphatic rings. The van der Waals surface area contributed by atoms with Crippen molar-refractivity contribution in [3.8, 4) is 0 Å². The third kappa shape index (κ3) is 4.79. The SMILES string of the molecule is COCc1cc(NCC2CCN(CC(F)(F)F)CC2)n2ncnc2n1. The van der Waals surface area contributed by atoms with Crippen LogP contribution in [0.25, 0.3) is 5.78 Å². The van der Waals surface area contributed by atoms with E-state index in [1.54, 1.807) is 11.6 Å². The van der Waals surface area contributed by atoms with E-state index in [4.69, 9.17) is 4.74 Å². The number of hydrogen-bond acceptors (Lipinski definition) is 6. The van der Waals surface area contributed by atoms with Crippen molar-refractivity contribution in [3.63, 3.8) is 0 Å². The summed E-state index contributed by atoms with van der Waals surface area (Å²) in [7, 11) is 1.59. The van der Waals surface area contributed by atoms with Crippen LogP contribution in [0.2, 0.25) is 0 Å². The lowest BCUT2D eigenvalue weighted by molar-refractivity contribution is -0.148. The summed E-state index contributed by atoms with van der Waals surface area (Å²) in [6, 6.07) is 1.85. The molecule has 7 nitrogen and oxygen atoms in total. The predicted molar refractivity (Wildman–Crippen MR) is 85.2 cm³/mol. The van der Waals surface area contributed by atoms with Crippen LogP contribution in [0.15, 0.2) is 12.4 Å². The number of piperidine rings is 1. The fourth-order valence-corrected chi connectivity index (χ4v) is 3.06. The first-order valence-electron chi connectivity index (χ1n) is 8.16. The minimum absolute atomic E-state index is 0.321. The Morgan fingerprint density at radius 3 is 2.76 bits per heavy atom. The van der Waals surface area contributed by atoms with Gasteiger partial charge in [-0.05, 0) is 31.8 Å². The maximum absolute atomic E-state index is 12.4. The van der Waals surface area contributed by atoms with Gasteiger partial charge in [0.05, 0.1) is 18.8 Å². The summed E-state index contributed by atoms with van der Waals surface area (Å²) in [5.41, 5.74) is 0.741. The van der Waals surface area contributed by atoms with E-state index in [1.165, 1.54) is 11.2 Å². The number of methoxy groups -OCH3 is 1. The van der Waals surface area contributed by atoms with E-state index in [-0.39, 0.29) is 0 Å². The third-order valence-corrected chi connectivity index (χ3v) is 4.28. The Bertz CT molecular complexity index is 696. The second-order valence-corrected chi connectivity index (χ2v) is 6.25. The molecule has 1 N–H and O–H groups in total. The molecule has 0 radical (unpaired) electrons. The van der Waals surface area contributed by atoms with Gasteiger partial charge < -0.3 is 10.1 Å². The van der Waals surface area contributed by atoms with Gasteiger partial charge in [0.1, 0.15) is 12.1 Å². The van der Waals surface area contributed by atoms with Crippen LogP contribution in [0, 0.1) is 5.92 Å². The number of nitrogens with one attached hydrogen (secondary N) is 1. The normalized spacial score (nSPS) is 17.3. The maximum atomic E-state index is 12.4. The van der Waals surface area contributed by atoms with Crippen molar-refractivity contribution < 1.29 is 17.9 Å². The first-order chi connectivity index (χ1) is 11.9. The summed E-state index contributed by atoms with van der Waals surface area (Å²) in [5, 5.41) is 7.47. The number of fused-ring (bicyclic) bond motifs is 1. The first-order valence-corrected chi connectivity index (χ1v) is 8.16. The lowest BCUT2D eigenvalue weighted by atomic mass is 9.97. The Balaban J connectivity index is 1.57. The van der Waals surface area contributed by atoms with Gasteiger partial charge in [-0.2, -0.15) is 27.8 Å². The maximum Gasteiger partial charge on any atom is 0.401 e. The molecule has 1 aliphatic heterocycles. The number of nitrogens with zero attached hydrogens (tertiary/aromatic N) is 5. The molecule has 0 amide bonds. The predicted octanol–water partition coefficient (Wildman–Crippen LogP) is 1.96. The lowest BCUT2D eigenvalue weighted by Gasteiger charge is -2.32. The Labute approximate surface area is 143 Å². The molecular weight excluding hydrogens is 337 g/mol. The third-order valence-electron chi connectivity index (χ3n) is 4.28. The fourth-order valence-electron chi connectivity index (χ4n) is 3.06. The minimum Gasteiger partial charge on any atom is -0.378 e. The van der Waals surface area contributed by atoms with Gasteiger partial charge in [0.2, 0.25) is 0 Å². The molecule has 0 aliphatic carbocycles. The van der Waals surface area contributed by atoms with Crippen molar-refractivity contribution in [2.45, 2.75) is 25.6 Å². The van der Waals surface area contributed by atoms with E-state index in [9.17, 15) is 13.2 Å². The van der Waals surface area contributed by atoms with Gasteiger partial charge >= 0.3 is 6.18 Å².